The van der Waals surface area contributed by atoms with E-state index in [-0.39, 0.29) is 0 Å². The summed E-state index contributed by atoms with van der Waals surface area (Å²) in [5.74, 6) is 0. The number of hydrogen-bond donors (Lipinski definition) is 0. The minimum Gasteiger partial charge on any atom is -0.624 e. The van der Waals surface area contributed by atoms with Gasteiger partial charge in [0.15, 0.2) is 6.21 Å². The first-order valence-corrected chi connectivity index (χ1v) is 3.45. The van der Waals surface area contributed by atoms with Gasteiger partial charge < -0.3 is 5.21 Å². The molecule has 3 heteroatoms. The number of hydrogen-bond acceptors (Lipinski definition) is 2. The first-order valence-electron chi connectivity index (χ1n) is 2.57. The van der Waals surface area contributed by atoms with Gasteiger partial charge >= 0.3 is 0 Å². The SMILES string of the molecule is C/[N+]([O-])=C/c1cccs1. The maximum Gasteiger partial charge on any atom is 0.191 e. The van der Waals surface area contributed by atoms with Crippen LogP contribution in [0.3, 0.4) is 0 Å². The monoisotopic (exact) mass is 141 g/mol. The largest absolute Gasteiger partial charge is 0.624 e. The zero-order valence-electron chi connectivity index (χ0n) is 5.07. The van der Waals surface area contributed by atoms with Crippen LogP contribution in [0, 0.1) is 5.21 Å². The van der Waals surface area contributed by atoms with Crippen LogP contribution in [0.15, 0.2) is 17.5 Å². The Morgan fingerprint density at radius 2 is 2.56 bits per heavy atom. The van der Waals surface area contributed by atoms with Crippen LogP contribution in [0.1, 0.15) is 4.88 Å². The van der Waals surface area contributed by atoms with Crippen molar-refractivity contribution in [2.75, 3.05) is 7.05 Å². The standard InChI is InChI=1S/C6H7NOS/c1-7(8)5-6-3-2-4-9-6/h2-5H,1H3/b7-5-. The van der Waals surface area contributed by atoms with Crippen molar-refractivity contribution in [1.29, 1.82) is 0 Å². The highest BCUT2D eigenvalue weighted by Crippen LogP contribution is 2.03. The molecule has 0 N–H and O–H groups in total. The Hall–Kier alpha value is -0.830. The van der Waals surface area contributed by atoms with Crippen molar-refractivity contribution >= 4 is 17.6 Å². The number of rotatable bonds is 1. The van der Waals surface area contributed by atoms with Gasteiger partial charge in [-0.3, -0.25) is 0 Å². The molecule has 48 valence electrons. The molecule has 9 heavy (non-hydrogen) atoms. The van der Waals surface area contributed by atoms with E-state index in [0.717, 1.165) is 9.62 Å². The van der Waals surface area contributed by atoms with Crippen molar-refractivity contribution < 1.29 is 4.74 Å². The van der Waals surface area contributed by atoms with Crippen LogP contribution in [0.5, 0.6) is 0 Å². The van der Waals surface area contributed by atoms with Gasteiger partial charge in [0.1, 0.15) is 7.05 Å². The molecule has 0 saturated heterocycles. The van der Waals surface area contributed by atoms with Crippen molar-refractivity contribution in [2.45, 2.75) is 0 Å². The highest BCUT2D eigenvalue weighted by Gasteiger charge is 1.88. The minimum atomic E-state index is 0.797. The van der Waals surface area contributed by atoms with Crippen molar-refractivity contribution in [3.63, 3.8) is 0 Å². The predicted molar refractivity (Wildman–Crippen MR) is 39.0 cm³/mol. The van der Waals surface area contributed by atoms with E-state index in [4.69, 9.17) is 0 Å². The average Bonchev–Trinajstić information content (AvgIpc) is 2.15. The third-order valence-electron chi connectivity index (χ3n) is 0.852. The molecular formula is C6H7NOS. The predicted octanol–water partition coefficient (Wildman–Crippen LogP) is 1.31. The highest BCUT2D eigenvalue weighted by molar-refractivity contribution is 7.11. The molecule has 0 aliphatic heterocycles. The van der Waals surface area contributed by atoms with E-state index in [0.29, 0.717) is 0 Å². The van der Waals surface area contributed by atoms with Gasteiger partial charge in [-0.1, -0.05) is 6.07 Å². The molecule has 1 rings (SSSR count). The molecule has 1 aromatic rings. The van der Waals surface area contributed by atoms with E-state index in [1.807, 2.05) is 17.5 Å². The smallest absolute Gasteiger partial charge is 0.191 e. The van der Waals surface area contributed by atoms with Crippen LogP contribution < -0.4 is 0 Å². The van der Waals surface area contributed by atoms with E-state index in [2.05, 4.69) is 0 Å². The first kappa shape index (κ1) is 6.29. The Kier molecular flexibility index (Phi) is 1.85. The Bertz CT molecular complexity index is 199. The van der Waals surface area contributed by atoms with Gasteiger partial charge in [0.2, 0.25) is 0 Å². The summed E-state index contributed by atoms with van der Waals surface area (Å²) < 4.78 is 0.797. The molecule has 1 aromatic heterocycles. The molecular weight excluding hydrogens is 134 g/mol. The number of thiophene rings is 1. The molecule has 0 saturated carbocycles. The van der Waals surface area contributed by atoms with Gasteiger partial charge in [0, 0.05) is 0 Å². The van der Waals surface area contributed by atoms with Crippen molar-refractivity contribution in [3.8, 4) is 0 Å². The summed E-state index contributed by atoms with van der Waals surface area (Å²) in [5.41, 5.74) is 0. The zero-order chi connectivity index (χ0) is 6.69. The van der Waals surface area contributed by atoms with Crippen LogP contribution in [0.4, 0.5) is 0 Å². The van der Waals surface area contributed by atoms with E-state index < -0.39 is 0 Å². The minimum absolute atomic E-state index is 0.797. The lowest BCUT2D eigenvalue weighted by Crippen LogP contribution is -1.94. The van der Waals surface area contributed by atoms with Gasteiger partial charge in [0.05, 0.1) is 4.88 Å². The second-order valence-electron chi connectivity index (χ2n) is 1.69. The molecule has 0 fully saturated rings. The lowest BCUT2D eigenvalue weighted by Gasteiger charge is -1.90. The second kappa shape index (κ2) is 2.64. The normalized spacial score (nSPS) is 11.9. The summed E-state index contributed by atoms with van der Waals surface area (Å²) in [7, 11) is 1.47. The Labute approximate surface area is 57.7 Å². The maximum absolute atomic E-state index is 10.4. The Morgan fingerprint density at radius 1 is 1.78 bits per heavy atom. The summed E-state index contributed by atoms with van der Waals surface area (Å²) in [6.07, 6.45) is 1.55. The molecule has 0 aromatic carbocycles. The Morgan fingerprint density at radius 3 is 3.00 bits per heavy atom. The molecule has 0 amide bonds. The first-order chi connectivity index (χ1) is 4.29. The third-order valence-corrected chi connectivity index (χ3v) is 1.66. The van der Waals surface area contributed by atoms with E-state index in [1.165, 1.54) is 7.05 Å². The fourth-order valence-electron chi connectivity index (χ4n) is 0.544. The number of hydroxylamine groups is 1. The van der Waals surface area contributed by atoms with Crippen LogP contribution in [-0.2, 0) is 0 Å². The second-order valence-corrected chi connectivity index (χ2v) is 2.67. The van der Waals surface area contributed by atoms with Crippen LogP contribution >= 0.6 is 11.3 Å². The average molecular weight is 141 g/mol. The van der Waals surface area contributed by atoms with Gasteiger partial charge in [-0.2, -0.15) is 0 Å². The summed E-state index contributed by atoms with van der Waals surface area (Å²) in [4.78, 5) is 0.993. The molecule has 0 aliphatic carbocycles. The number of nitrogens with zero attached hydrogens (tertiary/aromatic N) is 1. The summed E-state index contributed by atoms with van der Waals surface area (Å²) in [6, 6.07) is 3.82. The molecule has 0 bridgehead atoms. The maximum atomic E-state index is 10.4. The van der Waals surface area contributed by atoms with E-state index >= 15 is 0 Å². The summed E-state index contributed by atoms with van der Waals surface area (Å²) in [6.45, 7) is 0. The highest BCUT2D eigenvalue weighted by atomic mass is 32.1. The molecule has 0 atom stereocenters. The topological polar surface area (TPSA) is 26.1 Å². The lowest BCUT2D eigenvalue weighted by molar-refractivity contribution is -0.416. The van der Waals surface area contributed by atoms with Gasteiger partial charge in [-0.25, -0.2) is 4.74 Å². The van der Waals surface area contributed by atoms with Crippen LogP contribution in [0.2, 0.25) is 0 Å². The fourth-order valence-corrected chi connectivity index (χ4v) is 1.22. The summed E-state index contributed by atoms with van der Waals surface area (Å²) in [5, 5.41) is 12.3. The van der Waals surface area contributed by atoms with Crippen molar-refractivity contribution in [3.05, 3.63) is 27.6 Å². The van der Waals surface area contributed by atoms with Gasteiger partial charge in [0.25, 0.3) is 0 Å². The van der Waals surface area contributed by atoms with Crippen molar-refractivity contribution in [1.82, 2.24) is 0 Å². The molecule has 0 radical (unpaired) electrons. The van der Waals surface area contributed by atoms with Gasteiger partial charge in [-0.05, 0) is 11.4 Å². The van der Waals surface area contributed by atoms with E-state index in [1.54, 1.807) is 17.6 Å². The molecule has 1 heterocycles. The molecule has 0 unspecified atom stereocenters. The van der Waals surface area contributed by atoms with Crippen LogP contribution in [0.25, 0.3) is 0 Å². The molecule has 0 spiro atoms. The Balaban J connectivity index is 2.80. The zero-order valence-corrected chi connectivity index (χ0v) is 5.89. The van der Waals surface area contributed by atoms with Gasteiger partial charge in [-0.15, -0.1) is 11.3 Å². The lowest BCUT2D eigenvalue weighted by atomic mass is 10.5. The quantitative estimate of drug-likeness (QED) is 0.250. The molecule has 0 aliphatic rings. The molecule has 2 nitrogen and oxygen atoms in total. The fraction of sp³-hybridized carbons (Fsp3) is 0.167. The van der Waals surface area contributed by atoms with Crippen molar-refractivity contribution in [2.24, 2.45) is 0 Å². The van der Waals surface area contributed by atoms with E-state index in [9.17, 15) is 5.21 Å². The van der Waals surface area contributed by atoms with Crippen LogP contribution in [-0.4, -0.2) is 18.0 Å². The third kappa shape index (κ3) is 1.85. The summed E-state index contributed by atoms with van der Waals surface area (Å²) >= 11 is 1.55.